The summed E-state index contributed by atoms with van der Waals surface area (Å²) in [4.78, 5) is 18.6. The number of imidazole rings is 1. The monoisotopic (exact) mass is 419 g/mol. The van der Waals surface area contributed by atoms with Crippen LogP contribution in [0.15, 0.2) is 89.9 Å². The average molecular weight is 420 g/mol. The van der Waals surface area contributed by atoms with E-state index in [1.165, 1.54) is 11.8 Å². The second-order valence-corrected chi connectivity index (χ2v) is 8.42. The standard InChI is InChI=1S/C23H21N3OS2/c1-2-14-26-19-12-7-6-11-18(19)24-23(26)29-16-21(27)25-22(20-13-8-15-28-20)17-9-4-3-5-10-17/h2-13,15,22H,1,14,16H2,(H,25,27)/t22-/m1/s1. The van der Waals surface area contributed by atoms with Gasteiger partial charge in [0.15, 0.2) is 5.16 Å². The number of rotatable bonds is 8. The summed E-state index contributed by atoms with van der Waals surface area (Å²) in [5.74, 6) is 0.282. The van der Waals surface area contributed by atoms with Gasteiger partial charge in [-0.15, -0.1) is 17.9 Å². The lowest BCUT2D eigenvalue weighted by atomic mass is 10.1. The lowest BCUT2D eigenvalue weighted by Gasteiger charge is -2.18. The second kappa shape index (κ2) is 9.11. The molecule has 2 heterocycles. The number of amides is 1. The zero-order chi connectivity index (χ0) is 20.1. The van der Waals surface area contributed by atoms with Gasteiger partial charge in [-0.3, -0.25) is 4.79 Å². The molecule has 1 atom stereocenters. The zero-order valence-electron chi connectivity index (χ0n) is 15.8. The first-order valence-electron chi connectivity index (χ1n) is 9.33. The molecule has 0 aliphatic rings. The summed E-state index contributed by atoms with van der Waals surface area (Å²) in [6, 6.07) is 22.0. The summed E-state index contributed by atoms with van der Waals surface area (Å²) in [5, 5.41) is 6.04. The smallest absolute Gasteiger partial charge is 0.231 e. The van der Waals surface area contributed by atoms with Crippen molar-refractivity contribution in [3.05, 3.63) is 95.2 Å². The number of para-hydroxylation sites is 2. The fourth-order valence-electron chi connectivity index (χ4n) is 3.22. The number of nitrogens with one attached hydrogen (secondary N) is 1. The Balaban J connectivity index is 1.50. The SMILES string of the molecule is C=CCn1c(SCC(=O)N[C@H](c2ccccc2)c2cccs2)nc2ccccc21. The second-order valence-electron chi connectivity index (χ2n) is 6.50. The third-order valence-electron chi connectivity index (χ3n) is 4.53. The van der Waals surface area contributed by atoms with Crippen LogP contribution in [-0.4, -0.2) is 21.2 Å². The maximum atomic E-state index is 12.8. The molecule has 6 heteroatoms. The van der Waals surface area contributed by atoms with Crippen LogP contribution in [0.1, 0.15) is 16.5 Å². The van der Waals surface area contributed by atoms with Crippen LogP contribution in [0.3, 0.4) is 0 Å². The summed E-state index contributed by atoms with van der Waals surface area (Å²) in [7, 11) is 0. The maximum absolute atomic E-state index is 12.8. The molecular formula is C23H21N3OS2. The largest absolute Gasteiger partial charge is 0.344 e. The molecule has 2 aromatic heterocycles. The first-order valence-corrected chi connectivity index (χ1v) is 11.2. The highest BCUT2D eigenvalue weighted by Gasteiger charge is 2.19. The Morgan fingerprint density at radius 3 is 2.69 bits per heavy atom. The number of hydrogen-bond donors (Lipinski definition) is 1. The first-order chi connectivity index (χ1) is 14.3. The quantitative estimate of drug-likeness (QED) is 0.312. The van der Waals surface area contributed by atoms with E-state index in [9.17, 15) is 4.79 Å². The molecular weight excluding hydrogens is 398 g/mol. The molecule has 146 valence electrons. The fourth-order valence-corrected chi connectivity index (χ4v) is 4.86. The minimum Gasteiger partial charge on any atom is -0.344 e. The van der Waals surface area contributed by atoms with Gasteiger partial charge >= 0.3 is 0 Å². The van der Waals surface area contributed by atoms with Crippen LogP contribution in [0.4, 0.5) is 0 Å². The summed E-state index contributed by atoms with van der Waals surface area (Å²) < 4.78 is 2.09. The van der Waals surface area contributed by atoms with Gasteiger partial charge in [0, 0.05) is 11.4 Å². The van der Waals surface area contributed by atoms with Crippen molar-refractivity contribution in [1.82, 2.24) is 14.9 Å². The van der Waals surface area contributed by atoms with Crippen molar-refractivity contribution in [2.75, 3.05) is 5.75 Å². The Morgan fingerprint density at radius 2 is 1.93 bits per heavy atom. The third-order valence-corrected chi connectivity index (χ3v) is 6.44. The molecule has 1 N–H and O–H groups in total. The summed E-state index contributed by atoms with van der Waals surface area (Å²) in [5.41, 5.74) is 3.06. The highest BCUT2D eigenvalue weighted by molar-refractivity contribution is 7.99. The molecule has 29 heavy (non-hydrogen) atoms. The van der Waals surface area contributed by atoms with Crippen LogP contribution in [0.5, 0.6) is 0 Å². The van der Waals surface area contributed by atoms with Crippen LogP contribution in [-0.2, 0) is 11.3 Å². The summed E-state index contributed by atoms with van der Waals surface area (Å²) in [6.45, 7) is 4.50. The Labute approximate surface area is 178 Å². The van der Waals surface area contributed by atoms with E-state index in [0.29, 0.717) is 12.3 Å². The Kier molecular flexibility index (Phi) is 6.12. The van der Waals surface area contributed by atoms with Gasteiger partial charge in [0.1, 0.15) is 0 Å². The van der Waals surface area contributed by atoms with Crippen molar-refractivity contribution in [3.8, 4) is 0 Å². The van der Waals surface area contributed by atoms with Gasteiger partial charge in [0.25, 0.3) is 0 Å². The van der Waals surface area contributed by atoms with Gasteiger partial charge in [0.05, 0.1) is 22.8 Å². The molecule has 2 aromatic carbocycles. The van der Waals surface area contributed by atoms with Gasteiger partial charge in [0.2, 0.25) is 5.91 Å². The molecule has 0 radical (unpaired) electrons. The van der Waals surface area contributed by atoms with Gasteiger partial charge in [-0.25, -0.2) is 4.98 Å². The number of allylic oxidation sites excluding steroid dienone is 1. The van der Waals surface area contributed by atoms with Gasteiger partial charge < -0.3 is 9.88 Å². The van der Waals surface area contributed by atoms with Crippen molar-refractivity contribution in [2.24, 2.45) is 0 Å². The number of hydrogen-bond acceptors (Lipinski definition) is 4. The third kappa shape index (κ3) is 4.44. The van der Waals surface area contributed by atoms with E-state index in [0.717, 1.165) is 26.6 Å². The van der Waals surface area contributed by atoms with Crippen molar-refractivity contribution < 1.29 is 4.79 Å². The van der Waals surface area contributed by atoms with Gasteiger partial charge in [-0.2, -0.15) is 0 Å². The molecule has 4 rings (SSSR count). The number of carbonyl (C=O) groups is 1. The molecule has 0 bridgehead atoms. The van der Waals surface area contributed by atoms with E-state index in [4.69, 9.17) is 4.98 Å². The normalized spacial score (nSPS) is 12.0. The maximum Gasteiger partial charge on any atom is 0.231 e. The highest BCUT2D eigenvalue weighted by atomic mass is 32.2. The number of benzene rings is 2. The zero-order valence-corrected chi connectivity index (χ0v) is 17.5. The van der Waals surface area contributed by atoms with Crippen molar-refractivity contribution >= 4 is 40.0 Å². The molecule has 0 fully saturated rings. The number of thiophene rings is 1. The minimum atomic E-state index is -0.142. The number of fused-ring (bicyclic) bond motifs is 1. The van der Waals surface area contributed by atoms with Crippen LogP contribution in [0, 0.1) is 0 Å². The van der Waals surface area contributed by atoms with Crippen LogP contribution in [0.2, 0.25) is 0 Å². The number of nitrogens with zero attached hydrogens (tertiary/aromatic N) is 2. The Bertz CT molecular complexity index is 1100. The van der Waals surface area contributed by atoms with Crippen LogP contribution in [0.25, 0.3) is 11.0 Å². The lowest BCUT2D eigenvalue weighted by Crippen LogP contribution is -2.30. The summed E-state index contributed by atoms with van der Waals surface area (Å²) in [6.07, 6.45) is 1.85. The minimum absolute atomic E-state index is 0.0190. The molecule has 0 spiro atoms. The highest BCUT2D eigenvalue weighted by Crippen LogP contribution is 2.27. The van der Waals surface area contributed by atoms with Crippen molar-refractivity contribution in [2.45, 2.75) is 17.7 Å². The average Bonchev–Trinajstić information content (AvgIpc) is 3.40. The number of thioether (sulfide) groups is 1. The predicted molar refractivity (Wildman–Crippen MR) is 121 cm³/mol. The van der Waals surface area contributed by atoms with E-state index in [1.54, 1.807) is 11.3 Å². The first kappa shape index (κ1) is 19.5. The van der Waals surface area contributed by atoms with Crippen molar-refractivity contribution in [3.63, 3.8) is 0 Å². The van der Waals surface area contributed by atoms with E-state index >= 15 is 0 Å². The van der Waals surface area contributed by atoms with E-state index in [1.807, 2.05) is 72.1 Å². The number of aromatic nitrogens is 2. The lowest BCUT2D eigenvalue weighted by molar-refractivity contribution is -0.119. The molecule has 0 aliphatic carbocycles. The molecule has 4 aromatic rings. The van der Waals surface area contributed by atoms with Gasteiger partial charge in [-0.05, 0) is 29.1 Å². The summed E-state index contributed by atoms with van der Waals surface area (Å²) >= 11 is 3.10. The number of carbonyl (C=O) groups excluding carboxylic acids is 1. The van der Waals surface area contributed by atoms with Crippen LogP contribution >= 0.6 is 23.1 Å². The van der Waals surface area contributed by atoms with E-state index < -0.39 is 0 Å². The van der Waals surface area contributed by atoms with Crippen LogP contribution < -0.4 is 5.32 Å². The molecule has 0 saturated carbocycles. The van der Waals surface area contributed by atoms with E-state index in [-0.39, 0.29) is 11.9 Å². The van der Waals surface area contributed by atoms with Gasteiger partial charge in [-0.1, -0.05) is 66.4 Å². The molecule has 0 aliphatic heterocycles. The fraction of sp³-hybridized carbons (Fsp3) is 0.130. The molecule has 1 amide bonds. The topological polar surface area (TPSA) is 46.9 Å². The Morgan fingerprint density at radius 1 is 1.14 bits per heavy atom. The molecule has 4 nitrogen and oxygen atoms in total. The predicted octanol–water partition coefficient (Wildman–Crippen LogP) is 5.28. The molecule has 0 saturated heterocycles. The van der Waals surface area contributed by atoms with Crippen molar-refractivity contribution in [1.29, 1.82) is 0 Å². The molecule has 0 unspecified atom stereocenters. The van der Waals surface area contributed by atoms with E-state index in [2.05, 4.69) is 22.5 Å². The Hall–Kier alpha value is -2.83.